The molecular weight excluding hydrogens is 136 g/mol. The molecule has 0 saturated heterocycles. The highest BCUT2D eigenvalue weighted by Gasteiger charge is 2.35. The lowest BCUT2D eigenvalue weighted by molar-refractivity contribution is -0.149. The third-order valence-corrected chi connectivity index (χ3v) is 1.15. The van der Waals surface area contributed by atoms with E-state index in [9.17, 15) is 9.59 Å². The van der Waals surface area contributed by atoms with Crippen LogP contribution in [0, 0.1) is 0 Å². The van der Waals surface area contributed by atoms with Crippen LogP contribution in [-0.4, -0.2) is 29.6 Å². The molecule has 0 radical (unpaired) electrons. The van der Waals surface area contributed by atoms with Crippen molar-refractivity contribution in [2.45, 2.75) is 12.5 Å². The Balaban J connectivity index is 4.40. The lowest BCUT2D eigenvalue weighted by Gasteiger charge is -2.15. The quantitative estimate of drug-likeness (QED) is 0.392. The standard InChI is InChI=1S/C5H10N2O3/c1-5(10,3(6)8)4(9)7-2/h10H,1-2H3,(H2,6,8)(H,7,9). The minimum absolute atomic E-state index is 0.806. The summed E-state index contributed by atoms with van der Waals surface area (Å²) in [5.41, 5.74) is 2.59. The molecule has 0 aliphatic rings. The predicted octanol–water partition coefficient (Wildman–Crippen LogP) is -2.03. The van der Waals surface area contributed by atoms with E-state index in [-0.39, 0.29) is 0 Å². The molecule has 0 aliphatic carbocycles. The number of amides is 2. The van der Waals surface area contributed by atoms with Gasteiger partial charge in [-0.3, -0.25) is 9.59 Å². The van der Waals surface area contributed by atoms with Gasteiger partial charge in [-0.25, -0.2) is 0 Å². The first-order chi connectivity index (χ1) is 4.42. The summed E-state index contributed by atoms with van der Waals surface area (Å²) in [6, 6.07) is 0. The van der Waals surface area contributed by atoms with Crippen molar-refractivity contribution in [2.75, 3.05) is 7.05 Å². The Morgan fingerprint density at radius 3 is 2.10 bits per heavy atom. The highest BCUT2D eigenvalue weighted by Crippen LogP contribution is 1.99. The number of hydrogen-bond acceptors (Lipinski definition) is 3. The molecule has 0 aromatic heterocycles. The fourth-order valence-electron chi connectivity index (χ4n) is 0.355. The van der Waals surface area contributed by atoms with E-state index in [1.54, 1.807) is 0 Å². The second kappa shape index (κ2) is 2.66. The first-order valence-corrected chi connectivity index (χ1v) is 2.67. The maximum atomic E-state index is 10.6. The van der Waals surface area contributed by atoms with Crippen LogP contribution in [0.2, 0.25) is 0 Å². The highest BCUT2D eigenvalue weighted by molar-refractivity contribution is 6.06. The summed E-state index contributed by atoms with van der Waals surface area (Å²) in [5.74, 6) is -1.87. The van der Waals surface area contributed by atoms with Crippen LogP contribution in [0.15, 0.2) is 0 Å². The maximum absolute atomic E-state index is 10.6. The molecule has 0 aromatic carbocycles. The molecule has 0 bridgehead atoms. The van der Waals surface area contributed by atoms with E-state index in [1.807, 2.05) is 0 Å². The van der Waals surface area contributed by atoms with E-state index < -0.39 is 17.4 Å². The number of aliphatic hydroxyl groups is 1. The topological polar surface area (TPSA) is 92.4 Å². The van der Waals surface area contributed by atoms with Crippen molar-refractivity contribution >= 4 is 11.8 Å². The number of carbonyl (C=O) groups excluding carboxylic acids is 2. The zero-order valence-electron chi connectivity index (χ0n) is 5.84. The van der Waals surface area contributed by atoms with Crippen LogP contribution in [0.5, 0.6) is 0 Å². The lowest BCUT2D eigenvalue weighted by Crippen LogP contribution is -2.52. The number of nitrogens with one attached hydrogen (secondary N) is 1. The van der Waals surface area contributed by atoms with Crippen molar-refractivity contribution in [1.82, 2.24) is 5.32 Å². The summed E-state index contributed by atoms with van der Waals surface area (Å²) in [6.45, 7) is 1.04. The van der Waals surface area contributed by atoms with Gasteiger partial charge < -0.3 is 16.2 Å². The van der Waals surface area contributed by atoms with E-state index in [0.717, 1.165) is 6.92 Å². The normalized spacial score (nSPS) is 15.5. The number of rotatable bonds is 2. The molecule has 0 fully saturated rings. The van der Waals surface area contributed by atoms with Crippen molar-refractivity contribution in [3.05, 3.63) is 0 Å². The molecule has 58 valence electrons. The average molecular weight is 146 g/mol. The monoisotopic (exact) mass is 146 g/mol. The van der Waals surface area contributed by atoms with Gasteiger partial charge in [-0.1, -0.05) is 0 Å². The van der Waals surface area contributed by atoms with Crippen molar-refractivity contribution in [1.29, 1.82) is 0 Å². The van der Waals surface area contributed by atoms with Crippen molar-refractivity contribution < 1.29 is 14.7 Å². The molecule has 4 N–H and O–H groups in total. The Bertz CT molecular complexity index is 164. The molecule has 0 aromatic rings. The number of hydrogen-bond donors (Lipinski definition) is 3. The zero-order chi connectivity index (χ0) is 8.36. The number of primary amides is 1. The van der Waals surface area contributed by atoms with Gasteiger partial charge in [0.1, 0.15) is 0 Å². The summed E-state index contributed by atoms with van der Waals surface area (Å²) in [7, 11) is 1.31. The smallest absolute Gasteiger partial charge is 0.261 e. The van der Waals surface area contributed by atoms with Gasteiger partial charge in [-0.15, -0.1) is 0 Å². The van der Waals surface area contributed by atoms with Crippen LogP contribution in [0.25, 0.3) is 0 Å². The Hall–Kier alpha value is -1.10. The predicted molar refractivity (Wildman–Crippen MR) is 33.9 cm³/mol. The van der Waals surface area contributed by atoms with Crippen LogP contribution in [0.3, 0.4) is 0 Å². The fraction of sp³-hybridized carbons (Fsp3) is 0.600. The summed E-state index contributed by atoms with van der Waals surface area (Å²) >= 11 is 0. The fourth-order valence-corrected chi connectivity index (χ4v) is 0.355. The lowest BCUT2D eigenvalue weighted by atomic mass is 10.1. The van der Waals surface area contributed by atoms with Gasteiger partial charge >= 0.3 is 0 Å². The third-order valence-electron chi connectivity index (χ3n) is 1.15. The zero-order valence-corrected chi connectivity index (χ0v) is 5.84. The molecule has 5 heteroatoms. The number of carbonyl (C=O) groups is 2. The first kappa shape index (κ1) is 8.90. The van der Waals surface area contributed by atoms with E-state index >= 15 is 0 Å². The number of likely N-dealkylation sites (N-methyl/N-ethyl adjacent to an activating group) is 1. The largest absolute Gasteiger partial charge is 0.372 e. The Morgan fingerprint density at radius 1 is 1.60 bits per heavy atom. The van der Waals surface area contributed by atoms with Crippen LogP contribution in [0.1, 0.15) is 6.92 Å². The molecule has 0 aliphatic heterocycles. The van der Waals surface area contributed by atoms with Gasteiger partial charge in [-0.2, -0.15) is 0 Å². The maximum Gasteiger partial charge on any atom is 0.261 e. The van der Waals surface area contributed by atoms with E-state index in [2.05, 4.69) is 5.32 Å². The van der Waals surface area contributed by atoms with Gasteiger partial charge in [0.2, 0.25) is 5.60 Å². The Kier molecular flexibility index (Phi) is 2.36. The molecule has 0 heterocycles. The number of nitrogens with two attached hydrogens (primary N) is 1. The van der Waals surface area contributed by atoms with Crippen molar-refractivity contribution in [3.63, 3.8) is 0 Å². The third kappa shape index (κ3) is 1.44. The molecule has 0 spiro atoms. The molecule has 2 amide bonds. The molecule has 1 unspecified atom stereocenters. The van der Waals surface area contributed by atoms with E-state index in [1.165, 1.54) is 7.05 Å². The van der Waals surface area contributed by atoms with Gasteiger partial charge in [0.15, 0.2) is 0 Å². The summed E-state index contributed by atoms with van der Waals surface area (Å²) in [5, 5.41) is 11.1. The van der Waals surface area contributed by atoms with E-state index in [4.69, 9.17) is 10.8 Å². The molecular formula is C5H10N2O3. The summed E-state index contributed by atoms with van der Waals surface area (Å²) in [4.78, 5) is 20.9. The highest BCUT2D eigenvalue weighted by atomic mass is 16.3. The molecule has 10 heavy (non-hydrogen) atoms. The van der Waals surface area contributed by atoms with Crippen molar-refractivity contribution in [2.24, 2.45) is 5.73 Å². The van der Waals surface area contributed by atoms with Crippen molar-refractivity contribution in [3.8, 4) is 0 Å². The Labute approximate surface area is 58.2 Å². The first-order valence-electron chi connectivity index (χ1n) is 2.67. The van der Waals surface area contributed by atoms with Gasteiger partial charge in [-0.05, 0) is 6.92 Å². The molecule has 0 saturated carbocycles. The SMILES string of the molecule is CNC(=O)C(C)(O)C(N)=O. The summed E-state index contributed by atoms with van der Waals surface area (Å²) in [6.07, 6.45) is 0. The molecule has 5 nitrogen and oxygen atoms in total. The van der Waals surface area contributed by atoms with Gasteiger partial charge in [0.25, 0.3) is 11.8 Å². The molecule has 0 rings (SSSR count). The summed E-state index contributed by atoms with van der Waals surface area (Å²) < 4.78 is 0. The van der Waals surface area contributed by atoms with Crippen LogP contribution < -0.4 is 11.1 Å². The van der Waals surface area contributed by atoms with Crippen LogP contribution in [-0.2, 0) is 9.59 Å². The minimum Gasteiger partial charge on any atom is -0.372 e. The van der Waals surface area contributed by atoms with Crippen LogP contribution in [0.4, 0.5) is 0 Å². The second-order valence-corrected chi connectivity index (χ2v) is 2.02. The second-order valence-electron chi connectivity index (χ2n) is 2.02. The van der Waals surface area contributed by atoms with E-state index in [0.29, 0.717) is 0 Å². The molecule has 1 atom stereocenters. The van der Waals surface area contributed by atoms with Gasteiger partial charge in [0.05, 0.1) is 0 Å². The van der Waals surface area contributed by atoms with Crippen LogP contribution >= 0.6 is 0 Å². The van der Waals surface area contributed by atoms with Gasteiger partial charge in [0, 0.05) is 7.05 Å². The Morgan fingerprint density at radius 2 is 2.00 bits per heavy atom. The minimum atomic E-state index is -2.10. The average Bonchev–Trinajstić information content (AvgIpc) is 1.86.